The van der Waals surface area contributed by atoms with Crippen molar-refractivity contribution in [3.8, 4) is 5.75 Å². The quantitative estimate of drug-likeness (QED) is 0.724. The highest BCUT2D eigenvalue weighted by Gasteiger charge is 2.20. The van der Waals surface area contributed by atoms with Gasteiger partial charge in [0, 0.05) is 5.92 Å². The number of benzene rings is 2. The Morgan fingerprint density at radius 3 is 2.40 bits per heavy atom. The minimum atomic E-state index is -0.176. The second-order valence-electron chi connectivity index (χ2n) is 5.09. The van der Waals surface area contributed by atoms with Crippen molar-refractivity contribution in [2.45, 2.75) is 20.1 Å². The summed E-state index contributed by atoms with van der Waals surface area (Å²) in [6, 6.07) is 17.7. The van der Waals surface area contributed by atoms with Crippen LogP contribution in [0.5, 0.6) is 5.75 Å². The minimum absolute atomic E-state index is 0.176. The van der Waals surface area contributed by atoms with E-state index < -0.39 is 0 Å². The van der Waals surface area contributed by atoms with Crippen LogP contribution in [-0.2, 0) is 0 Å². The number of rotatable bonds is 4. The fourth-order valence-corrected chi connectivity index (χ4v) is 2.18. The van der Waals surface area contributed by atoms with Gasteiger partial charge >= 0.3 is 0 Å². The zero-order valence-electron chi connectivity index (χ0n) is 11.6. The van der Waals surface area contributed by atoms with Gasteiger partial charge in [0.05, 0.1) is 5.52 Å². The van der Waals surface area contributed by atoms with E-state index in [-0.39, 0.29) is 12.1 Å². The number of fused-ring (bicyclic) bond motifs is 1. The normalized spacial score (nSPS) is 12.8. The molecule has 20 heavy (non-hydrogen) atoms. The third-order valence-corrected chi connectivity index (χ3v) is 3.19. The fourth-order valence-electron chi connectivity index (χ4n) is 2.18. The summed E-state index contributed by atoms with van der Waals surface area (Å²) >= 11 is 0. The zero-order chi connectivity index (χ0) is 13.9. The molecule has 1 heterocycles. The zero-order valence-corrected chi connectivity index (χ0v) is 11.6. The van der Waals surface area contributed by atoms with Crippen LogP contribution in [0.25, 0.3) is 11.0 Å². The van der Waals surface area contributed by atoms with Crippen LogP contribution >= 0.6 is 0 Å². The molecule has 4 heteroatoms. The molecule has 0 fully saturated rings. The first-order chi connectivity index (χ1) is 9.75. The Hall–Kier alpha value is -2.36. The molecule has 0 N–H and O–H groups in total. The minimum Gasteiger partial charge on any atom is -0.468 e. The summed E-state index contributed by atoms with van der Waals surface area (Å²) in [6.07, 6.45) is -0.176. The molecule has 0 radical (unpaired) electrons. The van der Waals surface area contributed by atoms with E-state index in [1.807, 2.05) is 59.3 Å². The molecule has 4 nitrogen and oxygen atoms in total. The molecule has 0 saturated carbocycles. The van der Waals surface area contributed by atoms with Gasteiger partial charge in [0.25, 0.3) is 0 Å². The first-order valence-corrected chi connectivity index (χ1v) is 6.77. The smallest absolute Gasteiger partial charge is 0.196 e. The van der Waals surface area contributed by atoms with Crippen LogP contribution in [0.3, 0.4) is 0 Å². The Morgan fingerprint density at radius 1 is 0.950 bits per heavy atom. The van der Waals surface area contributed by atoms with Gasteiger partial charge in [-0.15, -0.1) is 5.10 Å². The molecule has 0 amide bonds. The lowest BCUT2D eigenvalue weighted by Crippen LogP contribution is -2.22. The Balaban J connectivity index is 1.98. The largest absolute Gasteiger partial charge is 0.468 e. The van der Waals surface area contributed by atoms with Gasteiger partial charge < -0.3 is 4.74 Å². The van der Waals surface area contributed by atoms with Crippen LogP contribution in [0.15, 0.2) is 54.6 Å². The molecule has 0 spiro atoms. The predicted molar refractivity (Wildman–Crippen MR) is 78.5 cm³/mol. The molecule has 0 aliphatic rings. The van der Waals surface area contributed by atoms with Crippen molar-refractivity contribution >= 4 is 11.0 Å². The van der Waals surface area contributed by atoms with E-state index in [2.05, 4.69) is 24.2 Å². The highest BCUT2D eigenvalue weighted by molar-refractivity contribution is 5.73. The third kappa shape index (κ3) is 2.37. The molecule has 1 atom stereocenters. The Kier molecular flexibility index (Phi) is 3.37. The molecule has 0 saturated heterocycles. The molecule has 1 aromatic heterocycles. The molecule has 0 aliphatic carbocycles. The van der Waals surface area contributed by atoms with Crippen molar-refractivity contribution in [1.82, 2.24) is 15.0 Å². The van der Waals surface area contributed by atoms with E-state index in [9.17, 15) is 0 Å². The van der Waals surface area contributed by atoms with Crippen molar-refractivity contribution in [2.75, 3.05) is 0 Å². The van der Waals surface area contributed by atoms with Crippen LogP contribution in [0.4, 0.5) is 0 Å². The van der Waals surface area contributed by atoms with Gasteiger partial charge in [-0.05, 0) is 24.3 Å². The van der Waals surface area contributed by atoms with Crippen molar-refractivity contribution in [3.05, 3.63) is 54.6 Å². The SMILES string of the molecule is CC(C)[C@@H](Oc1ccccc1)n1nnc2ccccc21. The van der Waals surface area contributed by atoms with E-state index in [4.69, 9.17) is 4.74 Å². The third-order valence-electron chi connectivity index (χ3n) is 3.19. The average molecular weight is 267 g/mol. The lowest BCUT2D eigenvalue weighted by atomic mass is 10.2. The summed E-state index contributed by atoms with van der Waals surface area (Å²) in [5.74, 6) is 1.12. The molecule has 3 rings (SSSR count). The molecule has 0 unspecified atom stereocenters. The molecule has 3 aromatic rings. The lowest BCUT2D eigenvalue weighted by molar-refractivity contribution is 0.0733. The highest BCUT2D eigenvalue weighted by Crippen LogP contribution is 2.25. The van der Waals surface area contributed by atoms with Gasteiger partial charge in [-0.25, -0.2) is 4.68 Å². The van der Waals surface area contributed by atoms with Gasteiger partial charge in [-0.1, -0.05) is 49.4 Å². The van der Waals surface area contributed by atoms with Gasteiger partial charge in [0.15, 0.2) is 6.23 Å². The number of aromatic nitrogens is 3. The van der Waals surface area contributed by atoms with E-state index in [1.165, 1.54) is 0 Å². The summed E-state index contributed by atoms with van der Waals surface area (Å²) in [4.78, 5) is 0. The first kappa shape index (κ1) is 12.7. The summed E-state index contributed by atoms with van der Waals surface area (Å²) < 4.78 is 7.94. The van der Waals surface area contributed by atoms with E-state index in [0.29, 0.717) is 0 Å². The maximum atomic E-state index is 6.09. The molecule has 102 valence electrons. The average Bonchev–Trinajstić information content (AvgIpc) is 2.89. The van der Waals surface area contributed by atoms with Crippen molar-refractivity contribution in [1.29, 1.82) is 0 Å². The number of para-hydroxylation sites is 2. The first-order valence-electron chi connectivity index (χ1n) is 6.77. The van der Waals surface area contributed by atoms with Gasteiger partial charge in [-0.2, -0.15) is 0 Å². The number of hydrogen-bond donors (Lipinski definition) is 0. The number of nitrogens with zero attached hydrogens (tertiary/aromatic N) is 3. The van der Waals surface area contributed by atoms with Crippen LogP contribution in [-0.4, -0.2) is 15.0 Å². The maximum absolute atomic E-state index is 6.09. The van der Waals surface area contributed by atoms with Crippen LogP contribution in [0, 0.1) is 5.92 Å². The Bertz CT molecular complexity index is 691. The van der Waals surface area contributed by atoms with Crippen LogP contribution < -0.4 is 4.74 Å². The molecule has 2 aromatic carbocycles. The maximum Gasteiger partial charge on any atom is 0.196 e. The number of ether oxygens (including phenoxy) is 1. The second-order valence-corrected chi connectivity index (χ2v) is 5.09. The van der Waals surface area contributed by atoms with Crippen LogP contribution in [0.2, 0.25) is 0 Å². The van der Waals surface area contributed by atoms with Crippen LogP contribution in [0.1, 0.15) is 20.1 Å². The van der Waals surface area contributed by atoms with E-state index >= 15 is 0 Å². The number of hydrogen-bond acceptors (Lipinski definition) is 3. The Morgan fingerprint density at radius 2 is 1.65 bits per heavy atom. The van der Waals surface area contributed by atoms with Gasteiger partial charge in [0.1, 0.15) is 11.3 Å². The summed E-state index contributed by atoms with van der Waals surface area (Å²) in [5.41, 5.74) is 1.87. The Labute approximate surface area is 118 Å². The molecular formula is C16H17N3O. The second kappa shape index (κ2) is 5.33. The highest BCUT2D eigenvalue weighted by atomic mass is 16.5. The topological polar surface area (TPSA) is 39.9 Å². The summed E-state index contributed by atoms with van der Waals surface area (Å²) in [7, 11) is 0. The summed E-state index contributed by atoms with van der Waals surface area (Å²) in [6.45, 7) is 4.23. The molecule has 0 aliphatic heterocycles. The van der Waals surface area contributed by atoms with E-state index in [0.717, 1.165) is 16.8 Å². The standard InChI is InChI=1S/C16H17N3O/c1-12(2)16(20-13-8-4-3-5-9-13)19-15-11-7-6-10-14(15)17-18-19/h3-12,16H,1-2H3/t16-/m1/s1. The molecular weight excluding hydrogens is 250 g/mol. The molecule has 0 bridgehead atoms. The van der Waals surface area contributed by atoms with Crippen molar-refractivity contribution in [2.24, 2.45) is 5.92 Å². The van der Waals surface area contributed by atoms with E-state index in [1.54, 1.807) is 0 Å². The van der Waals surface area contributed by atoms with Crippen molar-refractivity contribution < 1.29 is 4.74 Å². The summed E-state index contributed by atoms with van der Waals surface area (Å²) in [5, 5.41) is 8.45. The fraction of sp³-hybridized carbons (Fsp3) is 0.250. The van der Waals surface area contributed by atoms with Gasteiger partial charge in [0.2, 0.25) is 0 Å². The monoisotopic (exact) mass is 267 g/mol. The lowest BCUT2D eigenvalue weighted by Gasteiger charge is -2.23. The van der Waals surface area contributed by atoms with Gasteiger partial charge in [-0.3, -0.25) is 0 Å². The predicted octanol–water partition coefficient (Wildman–Crippen LogP) is 3.66. The van der Waals surface area contributed by atoms with Crippen molar-refractivity contribution in [3.63, 3.8) is 0 Å².